The van der Waals surface area contributed by atoms with Gasteiger partial charge in [0, 0.05) is 25.7 Å². The Morgan fingerprint density at radius 3 is 2.69 bits per heavy atom. The highest BCUT2D eigenvalue weighted by molar-refractivity contribution is 5.90. The van der Waals surface area contributed by atoms with E-state index < -0.39 is 12.2 Å². The fraction of sp³-hybridized carbons (Fsp3) is 0.607. The molecule has 1 aromatic carbocycles. The maximum atomic E-state index is 13.3. The summed E-state index contributed by atoms with van der Waals surface area (Å²) in [5.41, 5.74) is 2.40. The Bertz CT molecular complexity index is 1110. The number of amides is 3. The van der Waals surface area contributed by atoms with E-state index in [0.717, 1.165) is 26.1 Å². The van der Waals surface area contributed by atoms with Crippen LogP contribution in [0.1, 0.15) is 42.7 Å². The number of urea groups is 1. The van der Waals surface area contributed by atoms with Gasteiger partial charge < -0.3 is 34.6 Å². The first kappa shape index (κ1) is 27.6. The molecule has 0 radical (unpaired) electrons. The molecule has 0 spiro atoms. The molecule has 5 atom stereocenters. The van der Waals surface area contributed by atoms with Crippen LogP contribution in [0.25, 0.3) is 0 Å². The Hall–Kier alpha value is -2.99. The fourth-order valence-electron chi connectivity index (χ4n) is 5.84. The lowest BCUT2D eigenvalue weighted by atomic mass is 9.95. The third-order valence-electron chi connectivity index (χ3n) is 7.81. The van der Waals surface area contributed by atoms with Crippen LogP contribution in [0.3, 0.4) is 0 Å². The second kappa shape index (κ2) is 12.5. The van der Waals surface area contributed by atoms with Crippen LogP contribution < -0.4 is 10.6 Å². The summed E-state index contributed by atoms with van der Waals surface area (Å²) >= 11 is 0. The Kier molecular flexibility index (Phi) is 8.81. The molecule has 3 aliphatic rings. The second-order valence-electron chi connectivity index (χ2n) is 10.9. The predicted octanol–water partition coefficient (Wildman–Crippen LogP) is 2.21. The normalized spacial score (nSPS) is 27.9. The van der Waals surface area contributed by atoms with Crippen LogP contribution in [-0.4, -0.2) is 95.2 Å². The minimum absolute atomic E-state index is 0.0137. The average molecular weight is 542 g/mol. The Labute approximate surface area is 228 Å². The first-order chi connectivity index (χ1) is 18.9. The van der Waals surface area contributed by atoms with Crippen LogP contribution in [-0.2, 0) is 20.8 Å². The van der Waals surface area contributed by atoms with Crippen LogP contribution in [0, 0.1) is 13.8 Å². The van der Waals surface area contributed by atoms with Gasteiger partial charge in [0.05, 0.1) is 44.4 Å². The SMILES string of the molecule is Cc1noc(C)c1NC(=O)N1C[C@H](O)COC[C@H]2O[C@@H](CC(=O)N[C@H]3CCN(Cc4ccccc4)C3)CC[C@@H]21. The highest BCUT2D eigenvalue weighted by Gasteiger charge is 2.40. The Morgan fingerprint density at radius 1 is 1.10 bits per heavy atom. The molecule has 212 valence electrons. The number of hydrogen-bond acceptors (Lipinski definition) is 8. The number of carbonyl (C=O) groups is 2. The lowest BCUT2D eigenvalue weighted by Gasteiger charge is -2.44. The number of β-amino-alcohol motifs (C(OH)–C–C–N with tert-alkyl or cyclic N) is 1. The molecule has 1 aromatic heterocycles. The molecule has 5 rings (SSSR count). The van der Waals surface area contributed by atoms with Crippen molar-refractivity contribution < 1.29 is 28.7 Å². The number of aliphatic hydroxyl groups excluding tert-OH is 1. The lowest BCUT2D eigenvalue weighted by molar-refractivity contribution is -0.150. The lowest BCUT2D eigenvalue weighted by Crippen LogP contribution is -2.58. The van der Waals surface area contributed by atoms with Gasteiger partial charge in [-0.3, -0.25) is 9.69 Å². The molecule has 0 bridgehead atoms. The van der Waals surface area contributed by atoms with Crippen LogP contribution in [0.2, 0.25) is 0 Å². The molecule has 0 saturated carbocycles. The van der Waals surface area contributed by atoms with Crippen molar-refractivity contribution in [3.05, 3.63) is 47.3 Å². The van der Waals surface area contributed by atoms with Gasteiger partial charge in [0.25, 0.3) is 0 Å². The fourth-order valence-corrected chi connectivity index (χ4v) is 5.84. The number of anilines is 1. The number of aryl methyl sites for hydroxylation is 2. The molecule has 0 unspecified atom stereocenters. The van der Waals surface area contributed by atoms with Gasteiger partial charge in [-0.05, 0) is 38.7 Å². The van der Waals surface area contributed by atoms with Crippen molar-refractivity contribution in [1.82, 2.24) is 20.3 Å². The topological polar surface area (TPSA) is 129 Å². The summed E-state index contributed by atoms with van der Waals surface area (Å²) in [5, 5.41) is 20.4. The summed E-state index contributed by atoms with van der Waals surface area (Å²) in [5.74, 6) is 0.505. The monoisotopic (exact) mass is 541 g/mol. The summed E-state index contributed by atoms with van der Waals surface area (Å²) < 4.78 is 17.2. The zero-order chi connectivity index (χ0) is 27.4. The van der Waals surface area contributed by atoms with Crippen molar-refractivity contribution in [2.45, 2.75) is 76.5 Å². The first-order valence-corrected chi connectivity index (χ1v) is 13.8. The standard InChI is InChI=1S/C28H39N5O6/c1-18-27(19(2)39-31-18)30-28(36)33-15-22(34)16-37-17-25-24(33)9-8-23(38-25)12-26(35)29-21-10-11-32(14-21)13-20-6-4-3-5-7-20/h3-7,21-25,34H,8-17H2,1-2H3,(H,29,35)(H,30,36)/t21-,22-,23+,24-,25+/m0/s1. The third-order valence-corrected chi connectivity index (χ3v) is 7.81. The molecule has 3 N–H and O–H groups in total. The van der Waals surface area contributed by atoms with E-state index in [1.165, 1.54) is 5.56 Å². The number of ether oxygens (including phenoxy) is 2. The van der Waals surface area contributed by atoms with Gasteiger partial charge >= 0.3 is 6.03 Å². The van der Waals surface area contributed by atoms with E-state index >= 15 is 0 Å². The Balaban J connectivity index is 1.14. The number of nitrogens with one attached hydrogen (secondary N) is 2. The molecule has 11 heteroatoms. The van der Waals surface area contributed by atoms with Gasteiger partial charge in [-0.2, -0.15) is 0 Å². The molecule has 0 aliphatic carbocycles. The summed E-state index contributed by atoms with van der Waals surface area (Å²) in [7, 11) is 0. The van der Waals surface area contributed by atoms with Gasteiger partial charge in [0.15, 0.2) is 5.76 Å². The molecular formula is C28H39N5O6. The quantitative estimate of drug-likeness (QED) is 0.508. The zero-order valence-corrected chi connectivity index (χ0v) is 22.7. The van der Waals surface area contributed by atoms with Gasteiger partial charge in [-0.25, -0.2) is 4.79 Å². The molecule has 4 heterocycles. The van der Waals surface area contributed by atoms with E-state index in [-0.39, 0.29) is 56.3 Å². The van der Waals surface area contributed by atoms with Crippen molar-refractivity contribution >= 4 is 17.6 Å². The number of carbonyl (C=O) groups excluding carboxylic acids is 2. The molecule has 3 amide bonds. The minimum Gasteiger partial charge on any atom is -0.389 e. The highest BCUT2D eigenvalue weighted by Crippen LogP contribution is 2.29. The number of aromatic nitrogens is 1. The van der Waals surface area contributed by atoms with Crippen molar-refractivity contribution in [3.63, 3.8) is 0 Å². The van der Waals surface area contributed by atoms with E-state index in [0.29, 0.717) is 30.0 Å². The molecule has 11 nitrogen and oxygen atoms in total. The van der Waals surface area contributed by atoms with Crippen LogP contribution >= 0.6 is 0 Å². The number of benzene rings is 1. The maximum absolute atomic E-state index is 13.3. The van der Waals surface area contributed by atoms with Gasteiger partial charge in [-0.15, -0.1) is 0 Å². The first-order valence-electron chi connectivity index (χ1n) is 13.8. The summed E-state index contributed by atoms with van der Waals surface area (Å²) in [6, 6.07) is 9.86. The van der Waals surface area contributed by atoms with Crippen molar-refractivity contribution in [2.75, 3.05) is 38.2 Å². The predicted molar refractivity (Wildman–Crippen MR) is 143 cm³/mol. The number of nitrogens with zero attached hydrogens (tertiary/aromatic N) is 3. The maximum Gasteiger partial charge on any atom is 0.322 e. The molecule has 39 heavy (non-hydrogen) atoms. The summed E-state index contributed by atoms with van der Waals surface area (Å²) in [6.45, 7) is 6.64. The molecule has 2 aromatic rings. The third kappa shape index (κ3) is 6.96. The van der Waals surface area contributed by atoms with Gasteiger partial charge in [0.1, 0.15) is 17.5 Å². The van der Waals surface area contributed by atoms with Crippen molar-refractivity contribution in [1.29, 1.82) is 0 Å². The largest absolute Gasteiger partial charge is 0.389 e. The second-order valence-corrected chi connectivity index (χ2v) is 10.9. The molecular weight excluding hydrogens is 502 g/mol. The number of hydrogen-bond donors (Lipinski definition) is 3. The average Bonchev–Trinajstić information content (AvgIpc) is 3.47. The van der Waals surface area contributed by atoms with Crippen LogP contribution in [0.5, 0.6) is 0 Å². The highest BCUT2D eigenvalue weighted by atomic mass is 16.5. The van der Waals surface area contributed by atoms with Crippen molar-refractivity contribution in [3.8, 4) is 0 Å². The number of likely N-dealkylation sites (tertiary alicyclic amines) is 1. The zero-order valence-electron chi connectivity index (χ0n) is 22.7. The summed E-state index contributed by atoms with van der Waals surface area (Å²) in [4.78, 5) is 30.2. The number of aliphatic hydroxyl groups is 1. The summed E-state index contributed by atoms with van der Waals surface area (Å²) in [6.07, 6.45) is 1.01. The van der Waals surface area contributed by atoms with Crippen LogP contribution in [0.15, 0.2) is 34.9 Å². The van der Waals surface area contributed by atoms with Crippen LogP contribution in [0.4, 0.5) is 10.5 Å². The van der Waals surface area contributed by atoms with Gasteiger partial charge in [-0.1, -0.05) is 35.5 Å². The Morgan fingerprint density at radius 2 is 1.92 bits per heavy atom. The molecule has 3 aliphatic heterocycles. The number of rotatable bonds is 6. The smallest absolute Gasteiger partial charge is 0.322 e. The van der Waals surface area contributed by atoms with E-state index in [1.54, 1.807) is 18.7 Å². The molecule has 3 fully saturated rings. The van der Waals surface area contributed by atoms with Crippen molar-refractivity contribution in [2.24, 2.45) is 0 Å². The van der Waals surface area contributed by atoms with E-state index in [2.05, 4.69) is 32.8 Å². The van der Waals surface area contributed by atoms with E-state index in [4.69, 9.17) is 14.0 Å². The molecule has 3 saturated heterocycles. The van der Waals surface area contributed by atoms with E-state index in [1.807, 2.05) is 18.2 Å². The van der Waals surface area contributed by atoms with Gasteiger partial charge in [0.2, 0.25) is 5.91 Å². The van der Waals surface area contributed by atoms with E-state index in [9.17, 15) is 14.7 Å². The minimum atomic E-state index is -0.808. The number of fused-ring (bicyclic) bond motifs is 1.